The van der Waals surface area contributed by atoms with Crippen molar-refractivity contribution in [1.82, 2.24) is 0 Å². The van der Waals surface area contributed by atoms with Crippen molar-refractivity contribution in [3.63, 3.8) is 0 Å². The first-order chi connectivity index (χ1) is 3.93. The number of hydrogen-bond acceptors (Lipinski definition) is 1. The molecule has 43 valence electrons. The first-order valence-electron chi connectivity index (χ1n) is 2.61. The molecule has 0 aromatic carbocycles. The van der Waals surface area contributed by atoms with Gasteiger partial charge in [0.05, 0.1) is 12.5 Å². The van der Waals surface area contributed by atoms with Gasteiger partial charge in [0.25, 0.3) is 0 Å². The lowest BCUT2D eigenvalue weighted by Gasteiger charge is -1.96. The molecule has 0 amide bonds. The van der Waals surface area contributed by atoms with Gasteiger partial charge in [0, 0.05) is 0 Å². The van der Waals surface area contributed by atoms with Gasteiger partial charge in [0.2, 0.25) is 0 Å². The van der Waals surface area contributed by atoms with Gasteiger partial charge in [-0.15, -0.1) is 0 Å². The van der Waals surface area contributed by atoms with Gasteiger partial charge in [-0.25, -0.2) is 0 Å². The fourth-order valence-electron chi connectivity index (χ4n) is 0.542. The number of rotatable bonds is 1. The van der Waals surface area contributed by atoms with Crippen molar-refractivity contribution in [2.45, 2.75) is 6.42 Å². The minimum atomic E-state index is 0.455. The molecule has 1 aliphatic rings. The summed E-state index contributed by atoms with van der Waals surface area (Å²) in [6.07, 6.45) is 2.29. The molecule has 0 spiro atoms. The maximum absolute atomic E-state index is 5.09. The number of ether oxygens (including phenoxy) is 1. The highest BCUT2D eigenvalue weighted by Gasteiger charge is 2.13. The Morgan fingerprint density at radius 1 is 1.75 bits per heavy atom. The van der Waals surface area contributed by atoms with Crippen LogP contribution in [-0.2, 0) is 9.16 Å². The highest BCUT2D eigenvalue weighted by atomic mass is 16.6. The van der Waals surface area contributed by atoms with Crippen LogP contribution in [0.2, 0.25) is 0 Å². The fraction of sp³-hybridized carbons (Fsp3) is 0.500. The molecule has 1 heterocycles. The zero-order valence-electron chi connectivity index (χ0n) is 4.59. The topological polar surface area (TPSA) is 20.5 Å². The SMILES string of the molecule is [CH]=CC1=[O+]CCCO1. The Hall–Kier alpha value is -0.790. The number of carbonyl (C=O) groups excluding carboxylic acids is 1. The Morgan fingerprint density at radius 3 is 3.00 bits per heavy atom. The average molecular weight is 112 g/mol. The van der Waals surface area contributed by atoms with E-state index < -0.39 is 0 Å². The average Bonchev–Trinajstić information content (AvgIpc) is 1.90. The van der Waals surface area contributed by atoms with E-state index in [1.54, 1.807) is 0 Å². The van der Waals surface area contributed by atoms with Gasteiger partial charge < -0.3 is 9.16 Å². The van der Waals surface area contributed by atoms with E-state index in [0.29, 0.717) is 5.97 Å². The third kappa shape index (κ3) is 1.09. The normalized spacial score (nSPS) is 18.8. The standard InChI is InChI=1S/C6H8O2/c1-2-6-7-4-3-5-8-6/h1-2H,3-5H2/q+1. The Morgan fingerprint density at radius 2 is 2.62 bits per heavy atom. The molecule has 0 atom stereocenters. The molecule has 0 N–H and O–H groups in total. The highest BCUT2D eigenvalue weighted by molar-refractivity contribution is 5.81. The molecule has 0 saturated carbocycles. The van der Waals surface area contributed by atoms with Crippen molar-refractivity contribution < 1.29 is 9.16 Å². The van der Waals surface area contributed by atoms with Gasteiger partial charge >= 0.3 is 5.97 Å². The highest BCUT2D eigenvalue weighted by Crippen LogP contribution is 1.91. The van der Waals surface area contributed by atoms with E-state index in [4.69, 9.17) is 15.7 Å². The fourth-order valence-corrected chi connectivity index (χ4v) is 0.542. The van der Waals surface area contributed by atoms with Gasteiger partial charge in [-0.2, -0.15) is 0 Å². The van der Waals surface area contributed by atoms with Gasteiger partial charge in [0.15, 0.2) is 13.2 Å². The lowest BCUT2D eigenvalue weighted by Crippen LogP contribution is -2.13. The molecule has 0 aromatic rings. The Bertz CT molecular complexity index is 116. The number of hydrogen-bond donors (Lipinski definition) is 0. The predicted molar refractivity (Wildman–Crippen MR) is 29.3 cm³/mol. The second-order valence-electron chi connectivity index (χ2n) is 1.54. The van der Waals surface area contributed by atoms with Crippen LogP contribution in [0.5, 0.6) is 0 Å². The van der Waals surface area contributed by atoms with Crippen molar-refractivity contribution in [3.8, 4) is 0 Å². The quantitative estimate of drug-likeness (QED) is 0.274. The monoisotopic (exact) mass is 112 g/mol. The van der Waals surface area contributed by atoms with E-state index in [0.717, 1.165) is 19.6 Å². The van der Waals surface area contributed by atoms with Crippen LogP contribution in [0.15, 0.2) is 6.08 Å². The van der Waals surface area contributed by atoms with E-state index in [2.05, 4.69) is 0 Å². The summed E-state index contributed by atoms with van der Waals surface area (Å²) in [6.45, 7) is 6.54. The molecule has 0 unspecified atom stereocenters. The maximum atomic E-state index is 5.09. The van der Waals surface area contributed by atoms with Crippen molar-refractivity contribution in [2.24, 2.45) is 0 Å². The van der Waals surface area contributed by atoms with Crippen LogP contribution in [0.1, 0.15) is 6.42 Å². The first-order valence-corrected chi connectivity index (χ1v) is 2.61. The summed E-state index contributed by atoms with van der Waals surface area (Å²) < 4.78 is 9.88. The molecule has 1 radical (unpaired) electrons. The van der Waals surface area contributed by atoms with Crippen LogP contribution in [0.4, 0.5) is 0 Å². The first kappa shape index (κ1) is 5.35. The Balaban J connectivity index is 2.49. The van der Waals surface area contributed by atoms with Crippen LogP contribution in [0.3, 0.4) is 0 Å². The summed E-state index contributed by atoms with van der Waals surface area (Å²) >= 11 is 0. The molecular formula is C6H8O2+. The van der Waals surface area contributed by atoms with E-state index in [-0.39, 0.29) is 0 Å². The van der Waals surface area contributed by atoms with Gasteiger partial charge in [0.1, 0.15) is 0 Å². The summed E-state index contributed by atoms with van der Waals surface area (Å²) in [4.78, 5) is 0. The van der Waals surface area contributed by atoms with Gasteiger partial charge in [-0.05, 0) is 6.58 Å². The predicted octanol–water partition coefficient (Wildman–Crippen LogP) is 0.458. The smallest absolute Gasteiger partial charge is 0.318 e. The lowest BCUT2D eigenvalue weighted by molar-refractivity contribution is -0.476. The van der Waals surface area contributed by atoms with Crippen molar-refractivity contribution in [2.75, 3.05) is 13.2 Å². The summed E-state index contributed by atoms with van der Waals surface area (Å²) in [5.41, 5.74) is 0. The van der Waals surface area contributed by atoms with Crippen LogP contribution < -0.4 is 0 Å². The Labute approximate surface area is 48.5 Å². The summed E-state index contributed by atoms with van der Waals surface area (Å²) in [6, 6.07) is 0. The third-order valence-electron chi connectivity index (χ3n) is 0.913. The second-order valence-corrected chi connectivity index (χ2v) is 1.54. The molecule has 0 bridgehead atoms. The number of cyclic esters (lactones) is 1. The summed E-state index contributed by atoms with van der Waals surface area (Å²) in [5, 5.41) is 0. The van der Waals surface area contributed by atoms with Crippen molar-refractivity contribution in [3.05, 3.63) is 12.7 Å². The molecular weight excluding hydrogens is 104 g/mol. The zero-order valence-corrected chi connectivity index (χ0v) is 4.59. The van der Waals surface area contributed by atoms with Crippen LogP contribution >= 0.6 is 0 Å². The van der Waals surface area contributed by atoms with E-state index in [1.165, 1.54) is 6.08 Å². The minimum Gasteiger partial charge on any atom is -0.318 e. The molecule has 2 nitrogen and oxygen atoms in total. The molecule has 0 fully saturated rings. The maximum Gasteiger partial charge on any atom is 0.512 e. The second kappa shape index (κ2) is 2.50. The van der Waals surface area contributed by atoms with E-state index in [9.17, 15) is 0 Å². The Kier molecular flexibility index (Phi) is 1.67. The summed E-state index contributed by atoms with van der Waals surface area (Å²) in [7, 11) is 0. The van der Waals surface area contributed by atoms with Crippen LogP contribution in [-0.4, -0.2) is 19.2 Å². The van der Waals surface area contributed by atoms with Gasteiger partial charge in [-0.3, -0.25) is 0 Å². The third-order valence-corrected chi connectivity index (χ3v) is 0.913. The molecule has 8 heavy (non-hydrogen) atoms. The molecule has 0 aromatic heterocycles. The largest absolute Gasteiger partial charge is 0.512 e. The molecule has 1 rings (SSSR count). The molecule has 0 aliphatic carbocycles. The minimum absolute atomic E-state index is 0.455. The van der Waals surface area contributed by atoms with Gasteiger partial charge in [-0.1, -0.05) is 0 Å². The molecule has 1 aliphatic heterocycles. The zero-order chi connectivity index (χ0) is 5.82. The summed E-state index contributed by atoms with van der Waals surface area (Å²) in [5.74, 6) is 0.455. The molecule has 0 saturated heterocycles. The number of esters is 1. The molecule has 2 heteroatoms. The van der Waals surface area contributed by atoms with Crippen molar-refractivity contribution >= 4 is 5.97 Å². The van der Waals surface area contributed by atoms with E-state index in [1.807, 2.05) is 0 Å². The lowest BCUT2D eigenvalue weighted by atomic mass is 10.5. The van der Waals surface area contributed by atoms with E-state index >= 15 is 0 Å². The van der Waals surface area contributed by atoms with Crippen LogP contribution in [0.25, 0.3) is 0 Å². The van der Waals surface area contributed by atoms with Crippen LogP contribution in [0, 0.1) is 6.58 Å². The van der Waals surface area contributed by atoms with Crippen molar-refractivity contribution in [1.29, 1.82) is 0 Å².